The zero-order valence-electron chi connectivity index (χ0n) is 14.4. The molecule has 1 aliphatic rings. The number of amides is 1. The first-order valence-electron chi connectivity index (χ1n) is 7.73. The first-order valence-corrected chi connectivity index (χ1v) is 8.55. The molecule has 0 saturated carbocycles. The molecule has 0 radical (unpaired) electrons. The number of hydrogen-bond acceptors (Lipinski definition) is 7. The van der Waals surface area contributed by atoms with E-state index in [1.807, 2.05) is 20.8 Å². The summed E-state index contributed by atoms with van der Waals surface area (Å²) in [4.78, 5) is 32.3. The highest BCUT2D eigenvalue weighted by molar-refractivity contribution is 7.16. The maximum absolute atomic E-state index is 12.1. The lowest BCUT2D eigenvalue weighted by molar-refractivity contribution is -0.134. The third-order valence-corrected chi connectivity index (χ3v) is 4.32. The van der Waals surface area contributed by atoms with Crippen LogP contribution in [0.25, 0.3) is 6.08 Å². The number of carbonyl (C=O) groups is 2. The smallest absolute Gasteiger partial charge is 0.410 e. The molecule has 132 valence electrons. The summed E-state index contributed by atoms with van der Waals surface area (Å²) in [6.07, 6.45) is 4.50. The van der Waals surface area contributed by atoms with Crippen molar-refractivity contribution in [1.82, 2.24) is 9.88 Å². The number of hydrogen-bond donors (Lipinski definition) is 0. The molecule has 0 aromatic carbocycles. The highest BCUT2D eigenvalue weighted by atomic mass is 32.1. The van der Waals surface area contributed by atoms with Gasteiger partial charge in [-0.15, -0.1) is 0 Å². The lowest BCUT2D eigenvalue weighted by Gasteiger charge is -2.35. The molecule has 8 heteroatoms. The summed E-state index contributed by atoms with van der Waals surface area (Å²) in [6, 6.07) is 0. The molecule has 0 N–H and O–H groups in total. The quantitative estimate of drug-likeness (QED) is 0.614. The van der Waals surface area contributed by atoms with Crippen molar-refractivity contribution in [3.63, 3.8) is 0 Å². The Bertz CT molecular complexity index is 613. The molecule has 0 aliphatic carbocycles. The summed E-state index contributed by atoms with van der Waals surface area (Å²) >= 11 is 1.50. The van der Waals surface area contributed by atoms with Crippen LogP contribution >= 0.6 is 11.3 Å². The minimum absolute atomic E-state index is 0.275. The van der Waals surface area contributed by atoms with Gasteiger partial charge in [0.05, 0.1) is 7.11 Å². The van der Waals surface area contributed by atoms with Gasteiger partial charge in [0.25, 0.3) is 0 Å². The van der Waals surface area contributed by atoms with Gasteiger partial charge in [-0.2, -0.15) is 0 Å². The van der Waals surface area contributed by atoms with Crippen LogP contribution < -0.4 is 4.90 Å². The molecule has 1 aromatic rings. The van der Waals surface area contributed by atoms with Crippen molar-refractivity contribution in [2.75, 3.05) is 38.2 Å². The predicted octanol–water partition coefficient (Wildman–Crippen LogP) is 2.39. The van der Waals surface area contributed by atoms with Gasteiger partial charge < -0.3 is 19.3 Å². The highest BCUT2D eigenvalue weighted by Gasteiger charge is 2.26. The van der Waals surface area contributed by atoms with E-state index in [2.05, 4.69) is 14.6 Å². The van der Waals surface area contributed by atoms with Gasteiger partial charge in [-0.1, -0.05) is 11.3 Å². The first-order chi connectivity index (χ1) is 11.3. The van der Waals surface area contributed by atoms with Crippen molar-refractivity contribution in [3.05, 3.63) is 17.2 Å². The predicted molar refractivity (Wildman–Crippen MR) is 93.2 cm³/mol. The second kappa shape index (κ2) is 7.65. The van der Waals surface area contributed by atoms with E-state index in [1.54, 1.807) is 17.2 Å². The van der Waals surface area contributed by atoms with E-state index >= 15 is 0 Å². The molecule has 1 aromatic heterocycles. The summed E-state index contributed by atoms with van der Waals surface area (Å²) in [5.41, 5.74) is -0.482. The number of methoxy groups -OCH3 is 1. The first kappa shape index (κ1) is 18.3. The molecule has 24 heavy (non-hydrogen) atoms. The number of ether oxygens (including phenoxy) is 2. The average Bonchev–Trinajstić information content (AvgIpc) is 3.00. The Balaban J connectivity index is 1.89. The fourth-order valence-corrected chi connectivity index (χ4v) is 2.99. The standard InChI is InChI=1S/C16H23N3O4S/c1-16(2,3)23-15(21)19-9-7-18(8-10-19)14-17-11-12(24-14)5-6-13(20)22-4/h5-6,11H,7-10H2,1-4H3. The van der Waals surface area contributed by atoms with E-state index in [-0.39, 0.29) is 6.09 Å². The largest absolute Gasteiger partial charge is 0.466 e. The molecular formula is C16H23N3O4S. The van der Waals surface area contributed by atoms with Crippen LogP contribution in [0.1, 0.15) is 25.6 Å². The van der Waals surface area contributed by atoms with E-state index in [0.717, 1.165) is 10.0 Å². The van der Waals surface area contributed by atoms with Gasteiger partial charge in [-0.25, -0.2) is 14.6 Å². The Morgan fingerprint density at radius 3 is 2.50 bits per heavy atom. The maximum atomic E-state index is 12.1. The van der Waals surface area contributed by atoms with E-state index < -0.39 is 11.6 Å². The Morgan fingerprint density at radius 2 is 1.92 bits per heavy atom. The van der Waals surface area contributed by atoms with Crippen LogP contribution in [-0.2, 0) is 14.3 Å². The minimum Gasteiger partial charge on any atom is -0.466 e. The maximum Gasteiger partial charge on any atom is 0.410 e. The normalized spacial score (nSPS) is 15.7. The third-order valence-electron chi connectivity index (χ3n) is 3.30. The van der Waals surface area contributed by atoms with Gasteiger partial charge in [0.15, 0.2) is 5.13 Å². The van der Waals surface area contributed by atoms with Gasteiger partial charge in [0, 0.05) is 43.3 Å². The molecule has 1 saturated heterocycles. The summed E-state index contributed by atoms with van der Waals surface area (Å²) in [5.74, 6) is -0.393. The topological polar surface area (TPSA) is 72.0 Å². The van der Waals surface area contributed by atoms with Crippen molar-refractivity contribution in [2.45, 2.75) is 26.4 Å². The van der Waals surface area contributed by atoms with Gasteiger partial charge in [0.2, 0.25) is 0 Å². The van der Waals surface area contributed by atoms with Crippen molar-refractivity contribution < 1.29 is 19.1 Å². The summed E-state index contributed by atoms with van der Waals surface area (Å²) < 4.78 is 9.95. The lowest BCUT2D eigenvalue weighted by Crippen LogP contribution is -2.50. The van der Waals surface area contributed by atoms with E-state index in [4.69, 9.17) is 4.74 Å². The van der Waals surface area contributed by atoms with Crippen molar-refractivity contribution in [1.29, 1.82) is 0 Å². The van der Waals surface area contributed by atoms with E-state index in [1.165, 1.54) is 24.5 Å². The Kier molecular flexibility index (Phi) is 5.82. The monoisotopic (exact) mass is 353 g/mol. The van der Waals surface area contributed by atoms with E-state index in [0.29, 0.717) is 26.2 Å². The molecule has 2 heterocycles. The number of thiazole rings is 1. The van der Waals surface area contributed by atoms with Crippen molar-refractivity contribution in [2.24, 2.45) is 0 Å². The Morgan fingerprint density at radius 1 is 1.25 bits per heavy atom. The van der Waals surface area contributed by atoms with Crippen LogP contribution in [0.15, 0.2) is 12.3 Å². The molecule has 2 rings (SSSR count). The van der Waals surface area contributed by atoms with Gasteiger partial charge in [-0.3, -0.25) is 0 Å². The second-order valence-electron chi connectivity index (χ2n) is 6.36. The molecule has 1 fully saturated rings. The number of nitrogens with zero attached hydrogens (tertiary/aromatic N) is 3. The number of aromatic nitrogens is 1. The molecular weight excluding hydrogens is 330 g/mol. The Labute approximate surface area is 145 Å². The molecule has 1 amide bonds. The fourth-order valence-electron chi connectivity index (χ4n) is 2.13. The number of esters is 1. The van der Waals surface area contributed by atoms with E-state index in [9.17, 15) is 9.59 Å². The fraction of sp³-hybridized carbons (Fsp3) is 0.562. The third kappa shape index (κ3) is 5.23. The Hall–Kier alpha value is -2.09. The molecule has 0 atom stereocenters. The summed E-state index contributed by atoms with van der Waals surface area (Å²) in [7, 11) is 1.34. The molecule has 7 nitrogen and oxygen atoms in total. The van der Waals surface area contributed by atoms with Gasteiger partial charge >= 0.3 is 12.1 Å². The second-order valence-corrected chi connectivity index (χ2v) is 7.40. The molecule has 0 bridgehead atoms. The zero-order valence-corrected chi connectivity index (χ0v) is 15.3. The molecule has 1 aliphatic heterocycles. The minimum atomic E-state index is -0.482. The SMILES string of the molecule is COC(=O)C=Cc1cnc(N2CCN(C(=O)OC(C)(C)C)CC2)s1. The van der Waals surface area contributed by atoms with Gasteiger partial charge in [-0.05, 0) is 26.8 Å². The van der Waals surface area contributed by atoms with Crippen LogP contribution in [0.2, 0.25) is 0 Å². The number of piperazine rings is 1. The molecule has 0 unspecified atom stereocenters. The van der Waals surface area contributed by atoms with Crippen molar-refractivity contribution in [3.8, 4) is 0 Å². The molecule has 0 spiro atoms. The van der Waals surface area contributed by atoms with Gasteiger partial charge in [0.1, 0.15) is 5.60 Å². The highest BCUT2D eigenvalue weighted by Crippen LogP contribution is 2.25. The van der Waals surface area contributed by atoms with Crippen LogP contribution in [0.4, 0.5) is 9.93 Å². The van der Waals surface area contributed by atoms with Crippen LogP contribution in [0.5, 0.6) is 0 Å². The van der Waals surface area contributed by atoms with Crippen LogP contribution in [0, 0.1) is 0 Å². The number of carbonyl (C=O) groups excluding carboxylic acids is 2. The van der Waals surface area contributed by atoms with Crippen LogP contribution in [-0.4, -0.2) is 60.8 Å². The lowest BCUT2D eigenvalue weighted by atomic mass is 10.2. The van der Waals surface area contributed by atoms with Crippen LogP contribution in [0.3, 0.4) is 0 Å². The average molecular weight is 353 g/mol. The zero-order chi connectivity index (χ0) is 17.7. The number of rotatable bonds is 3. The number of anilines is 1. The van der Waals surface area contributed by atoms with Crippen molar-refractivity contribution >= 4 is 34.6 Å². The summed E-state index contributed by atoms with van der Waals surface area (Å²) in [6.45, 7) is 8.18. The summed E-state index contributed by atoms with van der Waals surface area (Å²) in [5, 5.41) is 0.878.